The van der Waals surface area contributed by atoms with Crippen LogP contribution >= 0.6 is 12.4 Å². The Hall–Kier alpha value is -1.60. The van der Waals surface area contributed by atoms with E-state index in [4.69, 9.17) is 0 Å². The molecule has 1 unspecified atom stereocenters. The van der Waals surface area contributed by atoms with E-state index >= 15 is 0 Å². The van der Waals surface area contributed by atoms with Crippen LogP contribution in [0.4, 0.5) is 0 Å². The molecular formula is C18H30ClN5O2. The van der Waals surface area contributed by atoms with E-state index < -0.39 is 0 Å². The number of hydrogen-bond donors (Lipinski definition) is 2. The molecule has 0 aromatic carbocycles. The number of aryl methyl sites for hydroxylation is 1. The van der Waals surface area contributed by atoms with Gasteiger partial charge in [0.1, 0.15) is 11.9 Å². The van der Waals surface area contributed by atoms with E-state index in [0.29, 0.717) is 26.1 Å². The lowest BCUT2D eigenvalue weighted by Crippen LogP contribution is -2.50. The molecule has 7 nitrogen and oxygen atoms in total. The number of halogens is 1. The number of imidazole rings is 1. The minimum absolute atomic E-state index is 0. The molecule has 1 aliphatic heterocycles. The first-order valence-electron chi connectivity index (χ1n) is 9.42. The third-order valence-corrected chi connectivity index (χ3v) is 5.33. The molecule has 1 aromatic rings. The molecule has 2 N–H and O–H groups in total. The Morgan fingerprint density at radius 1 is 1.31 bits per heavy atom. The molecule has 0 spiro atoms. The van der Waals surface area contributed by atoms with E-state index in [0.717, 1.165) is 38.1 Å². The highest BCUT2D eigenvalue weighted by Gasteiger charge is 2.30. The lowest BCUT2D eigenvalue weighted by Gasteiger charge is -2.36. The van der Waals surface area contributed by atoms with Gasteiger partial charge in [-0.05, 0) is 12.8 Å². The molecule has 2 amide bonds. The zero-order chi connectivity index (χ0) is 17.6. The number of amides is 2. The van der Waals surface area contributed by atoms with Crippen LogP contribution in [0, 0.1) is 5.92 Å². The second kappa shape index (κ2) is 9.92. The minimum atomic E-state index is -0.0460. The minimum Gasteiger partial charge on any atom is -0.355 e. The van der Waals surface area contributed by atoms with Gasteiger partial charge in [-0.3, -0.25) is 9.59 Å². The Labute approximate surface area is 161 Å². The molecule has 1 aromatic heterocycles. The standard InChI is InChI=1S/C18H29N5O2.ClH/c1-22-11-10-20-17(22)15-13-19-9-12-23(15)16(24)7-8-21-18(25)14-5-3-2-4-6-14;/h10-11,14-15,19H,2-9,12-13H2,1H3,(H,21,25);1H. The van der Waals surface area contributed by atoms with Gasteiger partial charge >= 0.3 is 0 Å². The molecule has 146 valence electrons. The van der Waals surface area contributed by atoms with Crippen molar-refractivity contribution < 1.29 is 9.59 Å². The lowest BCUT2D eigenvalue weighted by atomic mass is 9.89. The number of carbonyl (C=O) groups is 2. The van der Waals surface area contributed by atoms with E-state index in [9.17, 15) is 9.59 Å². The maximum Gasteiger partial charge on any atom is 0.225 e. The van der Waals surface area contributed by atoms with Crippen molar-refractivity contribution in [3.8, 4) is 0 Å². The van der Waals surface area contributed by atoms with Crippen molar-refractivity contribution in [3.63, 3.8) is 0 Å². The molecule has 1 saturated heterocycles. The predicted molar refractivity (Wildman–Crippen MR) is 102 cm³/mol. The topological polar surface area (TPSA) is 79.3 Å². The molecule has 1 saturated carbocycles. The van der Waals surface area contributed by atoms with Crippen LogP contribution in [0.2, 0.25) is 0 Å². The highest BCUT2D eigenvalue weighted by molar-refractivity contribution is 5.85. The fourth-order valence-electron chi connectivity index (χ4n) is 3.88. The summed E-state index contributed by atoms with van der Waals surface area (Å²) in [5.41, 5.74) is 0. The summed E-state index contributed by atoms with van der Waals surface area (Å²) in [6.45, 7) is 2.60. The maximum absolute atomic E-state index is 12.7. The van der Waals surface area contributed by atoms with Crippen LogP contribution in [0.25, 0.3) is 0 Å². The predicted octanol–water partition coefficient (Wildman–Crippen LogP) is 1.40. The SMILES string of the molecule is Cl.Cn1ccnc1C1CNCCN1C(=O)CCNC(=O)C1CCCCC1. The number of nitrogens with zero attached hydrogens (tertiary/aromatic N) is 3. The van der Waals surface area contributed by atoms with Gasteiger partial charge in [0.15, 0.2) is 0 Å². The normalized spacial score (nSPS) is 21.1. The van der Waals surface area contributed by atoms with Crippen molar-refractivity contribution in [2.75, 3.05) is 26.2 Å². The first-order valence-corrected chi connectivity index (χ1v) is 9.42. The van der Waals surface area contributed by atoms with Gasteiger partial charge in [0.2, 0.25) is 11.8 Å². The second-order valence-corrected chi connectivity index (χ2v) is 7.08. The summed E-state index contributed by atoms with van der Waals surface area (Å²) in [7, 11) is 1.95. The van der Waals surface area contributed by atoms with E-state index in [1.165, 1.54) is 6.42 Å². The highest BCUT2D eigenvalue weighted by atomic mass is 35.5. The van der Waals surface area contributed by atoms with Gasteiger partial charge in [0, 0.05) is 58.0 Å². The Morgan fingerprint density at radius 2 is 2.08 bits per heavy atom. The first-order chi connectivity index (χ1) is 12.2. The Balaban J connectivity index is 0.00000243. The number of carbonyl (C=O) groups excluding carboxylic acids is 2. The lowest BCUT2D eigenvalue weighted by molar-refractivity contribution is -0.134. The molecule has 26 heavy (non-hydrogen) atoms. The van der Waals surface area contributed by atoms with E-state index in [1.807, 2.05) is 22.7 Å². The quantitative estimate of drug-likeness (QED) is 0.805. The van der Waals surface area contributed by atoms with Crippen molar-refractivity contribution >= 4 is 24.2 Å². The van der Waals surface area contributed by atoms with Crippen LogP contribution in [0.1, 0.15) is 50.4 Å². The number of aromatic nitrogens is 2. The van der Waals surface area contributed by atoms with E-state index in [-0.39, 0.29) is 36.2 Å². The fraction of sp³-hybridized carbons (Fsp3) is 0.722. The summed E-state index contributed by atoms with van der Waals surface area (Å²) in [5.74, 6) is 1.24. The summed E-state index contributed by atoms with van der Waals surface area (Å²) in [5, 5.41) is 6.30. The van der Waals surface area contributed by atoms with Crippen LogP contribution in [-0.2, 0) is 16.6 Å². The van der Waals surface area contributed by atoms with Crippen LogP contribution < -0.4 is 10.6 Å². The maximum atomic E-state index is 12.7. The third-order valence-electron chi connectivity index (χ3n) is 5.33. The molecule has 1 aliphatic carbocycles. The number of nitrogens with one attached hydrogen (secondary N) is 2. The number of hydrogen-bond acceptors (Lipinski definition) is 4. The smallest absolute Gasteiger partial charge is 0.225 e. The molecule has 0 radical (unpaired) electrons. The van der Waals surface area contributed by atoms with E-state index in [1.54, 1.807) is 6.20 Å². The summed E-state index contributed by atoms with van der Waals surface area (Å²) in [6, 6.07) is -0.0460. The van der Waals surface area contributed by atoms with Gasteiger partial charge in [0.05, 0.1) is 0 Å². The average molecular weight is 384 g/mol. The van der Waals surface area contributed by atoms with Crippen LogP contribution in [0.15, 0.2) is 12.4 Å². The molecular weight excluding hydrogens is 354 g/mol. The van der Waals surface area contributed by atoms with Gasteiger partial charge in [0.25, 0.3) is 0 Å². The van der Waals surface area contributed by atoms with Crippen LogP contribution in [0.5, 0.6) is 0 Å². The zero-order valence-electron chi connectivity index (χ0n) is 15.4. The van der Waals surface area contributed by atoms with Gasteiger partial charge in [-0.25, -0.2) is 4.98 Å². The van der Waals surface area contributed by atoms with Crippen molar-refractivity contribution in [2.24, 2.45) is 13.0 Å². The van der Waals surface area contributed by atoms with Gasteiger partial charge in [-0.2, -0.15) is 0 Å². The number of rotatable bonds is 5. The Morgan fingerprint density at radius 3 is 2.77 bits per heavy atom. The summed E-state index contributed by atoms with van der Waals surface area (Å²) in [4.78, 5) is 31.2. The van der Waals surface area contributed by atoms with Gasteiger partial charge in [-0.15, -0.1) is 12.4 Å². The largest absolute Gasteiger partial charge is 0.355 e. The molecule has 1 atom stereocenters. The summed E-state index contributed by atoms with van der Waals surface area (Å²) >= 11 is 0. The zero-order valence-corrected chi connectivity index (χ0v) is 16.3. The van der Waals surface area contributed by atoms with Crippen LogP contribution in [-0.4, -0.2) is 52.4 Å². The van der Waals surface area contributed by atoms with Crippen molar-refractivity contribution in [1.82, 2.24) is 25.1 Å². The van der Waals surface area contributed by atoms with Crippen molar-refractivity contribution in [1.29, 1.82) is 0 Å². The molecule has 0 bridgehead atoms. The van der Waals surface area contributed by atoms with Gasteiger partial charge in [-0.1, -0.05) is 19.3 Å². The summed E-state index contributed by atoms with van der Waals surface area (Å²) < 4.78 is 1.96. The molecule has 2 fully saturated rings. The first kappa shape index (κ1) is 20.7. The third kappa shape index (κ3) is 4.98. The fourth-order valence-corrected chi connectivity index (χ4v) is 3.88. The monoisotopic (exact) mass is 383 g/mol. The second-order valence-electron chi connectivity index (χ2n) is 7.08. The summed E-state index contributed by atoms with van der Waals surface area (Å²) in [6.07, 6.45) is 9.50. The van der Waals surface area contributed by atoms with Gasteiger partial charge < -0.3 is 20.1 Å². The van der Waals surface area contributed by atoms with Crippen LogP contribution in [0.3, 0.4) is 0 Å². The molecule has 8 heteroatoms. The van der Waals surface area contributed by atoms with E-state index in [2.05, 4.69) is 15.6 Å². The van der Waals surface area contributed by atoms with Crippen molar-refractivity contribution in [2.45, 2.75) is 44.6 Å². The Bertz CT molecular complexity index is 600. The Kier molecular flexibility index (Phi) is 7.90. The highest BCUT2D eigenvalue weighted by Crippen LogP contribution is 2.24. The average Bonchev–Trinajstić information content (AvgIpc) is 3.08. The van der Waals surface area contributed by atoms with Crippen molar-refractivity contribution in [3.05, 3.63) is 18.2 Å². The molecule has 3 rings (SSSR count). The molecule has 2 heterocycles. The number of piperazine rings is 1. The molecule has 2 aliphatic rings.